The second kappa shape index (κ2) is 6.50. The molecule has 4 rings (SSSR count). The lowest BCUT2D eigenvalue weighted by Gasteiger charge is -2.28. The van der Waals surface area contributed by atoms with Crippen molar-refractivity contribution < 1.29 is 9.18 Å². The highest BCUT2D eigenvalue weighted by atomic mass is 35.5. The topological polar surface area (TPSA) is 57.8 Å². The molecule has 1 aliphatic rings. The molecule has 0 bridgehead atoms. The predicted molar refractivity (Wildman–Crippen MR) is 105 cm³/mol. The van der Waals surface area contributed by atoms with Gasteiger partial charge in [0.1, 0.15) is 5.82 Å². The molecule has 1 aliphatic carbocycles. The zero-order valence-electron chi connectivity index (χ0n) is 15.1. The smallest absolute Gasteiger partial charge is 0.167 e. The Kier molecular flexibility index (Phi) is 4.27. The van der Waals surface area contributed by atoms with Crippen molar-refractivity contribution in [1.82, 2.24) is 9.97 Å². The van der Waals surface area contributed by atoms with Crippen molar-refractivity contribution in [3.63, 3.8) is 0 Å². The zero-order chi connectivity index (χ0) is 19.2. The number of hydrogen-bond donors (Lipinski definition) is 2. The van der Waals surface area contributed by atoms with Crippen LogP contribution in [0.3, 0.4) is 0 Å². The molecule has 0 spiro atoms. The van der Waals surface area contributed by atoms with Crippen molar-refractivity contribution in [2.75, 3.05) is 5.32 Å². The fourth-order valence-electron chi connectivity index (χ4n) is 3.64. The number of benzene rings is 1. The van der Waals surface area contributed by atoms with Crippen LogP contribution in [0.15, 0.2) is 42.7 Å². The highest BCUT2D eigenvalue weighted by Crippen LogP contribution is 2.43. The third-order valence-corrected chi connectivity index (χ3v) is 5.04. The van der Waals surface area contributed by atoms with Crippen molar-refractivity contribution in [2.24, 2.45) is 5.41 Å². The largest absolute Gasteiger partial charge is 0.356 e. The zero-order valence-corrected chi connectivity index (χ0v) is 15.8. The molecule has 4 nitrogen and oxygen atoms in total. The van der Waals surface area contributed by atoms with Crippen molar-refractivity contribution in [3.05, 3.63) is 64.8 Å². The highest BCUT2D eigenvalue weighted by molar-refractivity contribution is 6.30. The molecule has 6 heteroatoms. The molecule has 138 valence electrons. The van der Waals surface area contributed by atoms with E-state index >= 15 is 0 Å². The number of hydrogen-bond acceptors (Lipinski definition) is 3. The van der Waals surface area contributed by atoms with E-state index in [0.29, 0.717) is 22.7 Å². The van der Waals surface area contributed by atoms with Gasteiger partial charge in [-0.3, -0.25) is 9.78 Å². The average molecular weight is 384 g/mol. The Labute approximate surface area is 161 Å². The van der Waals surface area contributed by atoms with Crippen LogP contribution in [0.5, 0.6) is 0 Å². The Morgan fingerprint density at radius 1 is 1.19 bits per heavy atom. The number of nitrogens with one attached hydrogen (secondary N) is 2. The fourth-order valence-corrected chi connectivity index (χ4v) is 3.82. The third-order valence-electron chi connectivity index (χ3n) is 4.81. The number of nitrogens with zero attached hydrogens (tertiary/aromatic N) is 1. The Morgan fingerprint density at radius 3 is 2.67 bits per heavy atom. The third kappa shape index (κ3) is 3.35. The van der Waals surface area contributed by atoms with Gasteiger partial charge in [0.15, 0.2) is 5.78 Å². The van der Waals surface area contributed by atoms with Crippen LogP contribution in [0.1, 0.15) is 36.3 Å². The number of halogens is 2. The lowest BCUT2D eigenvalue weighted by atomic mass is 9.76. The Hall–Kier alpha value is -2.66. The summed E-state index contributed by atoms with van der Waals surface area (Å²) < 4.78 is 14.3. The van der Waals surface area contributed by atoms with Gasteiger partial charge < -0.3 is 10.3 Å². The number of fused-ring (bicyclic) bond motifs is 1. The van der Waals surface area contributed by atoms with Gasteiger partial charge in [-0.05, 0) is 42.2 Å². The minimum atomic E-state index is -0.432. The summed E-state index contributed by atoms with van der Waals surface area (Å²) in [4.78, 5) is 20.4. The molecular formula is C21H19ClFN3O. The maximum absolute atomic E-state index is 14.3. The molecule has 2 N–H and O–H groups in total. The maximum atomic E-state index is 14.3. The summed E-state index contributed by atoms with van der Waals surface area (Å²) >= 11 is 6.03. The van der Waals surface area contributed by atoms with E-state index in [9.17, 15) is 9.18 Å². The molecule has 2 heterocycles. The van der Waals surface area contributed by atoms with Crippen molar-refractivity contribution >= 4 is 28.8 Å². The molecule has 3 aromatic rings. The molecule has 0 saturated carbocycles. The van der Waals surface area contributed by atoms with Gasteiger partial charge in [0.05, 0.1) is 22.6 Å². The molecule has 27 heavy (non-hydrogen) atoms. The summed E-state index contributed by atoms with van der Waals surface area (Å²) in [7, 11) is 0. The van der Waals surface area contributed by atoms with Gasteiger partial charge in [0, 0.05) is 35.1 Å². The van der Waals surface area contributed by atoms with Crippen LogP contribution in [0.4, 0.5) is 15.8 Å². The van der Waals surface area contributed by atoms with E-state index in [2.05, 4.69) is 29.1 Å². The number of Topliss-reactive ketones (excluding diaryl/α,β-unsaturated/α-hetero) is 1. The SMILES string of the molecule is CC1(C)CC(=O)c2c([nH]c(-c3ccncc3)c2Nc2cc(Cl)ccc2F)C1. The van der Waals surface area contributed by atoms with Gasteiger partial charge in [0.25, 0.3) is 0 Å². The van der Waals surface area contributed by atoms with Crippen LogP contribution < -0.4 is 5.32 Å². The Bertz CT molecular complexity index is 1030. The molecule has 2 aromatic heterocycles. The van der Waals surface area contributed by atoms with Gasteiger partial charge in [-0.15, -0.1) is 0 Å². The van der Waals surface area contributed by atoms with E-state index in [1.165, 1.54) is 18.2 Å². The molecule has 1 aromatic carbocycles. The molecule has 0 aliphatic heterocycles. The number of ketones is 1. The van der Waals surface area contributed by atoms with E-state index in [4.69, 9.17) is 11.6 Å². The average Bonchev–Trinajstić information content (AvgIpc) is 2.96. The molecule has 0 amide bonds. The number of aromatic amines is 1. The Morgan fingerprint density at radius 2 is 1.93 bits per heavy atom. The normalized spacial score (nSPS) is 15.5. The molecule has 0 saturated heterocycles. The lowest BCUT2D eigenvalue weighted by Crippen LogP contribution is -2.26. The number of rotatable bonds is 3. The van der Waals surface area contributed by atoms with Gasteiger partial charge >= 0.3 is 0 Å². The van der Waals surface area contributed by atoms with E-state index in [1.54, 1.807) is 12.4 Å². The van der Waals surface area contributed by atoms with Crippen LogP contribution in [0.2, 0.25) is 5.02 Å². The summed E-state index contributed by atoms with van der Waals surface area (Å²) in [6, 6.07) is 8.02. The standard InChI is InChI=1S/C21H19ClFN3O/c1-21(2)10-16-18(17(27)11-21)20(19(26-16)12-5-7-24-8-6-12)25-15-9-13(22)3-4-14(15)23/h3-9,25-26H,10-11H2,1-2H3. The number of aromatic nitrogens is 2. The van der Waals surface area contributed by atoms with E-state index in [0.717, 1.165) is 23.4 Å². The van der Waals surface area contributed by atoms with Crippen LogP contribution in [0, 0.1) is 11.2 Å². The number of H-pyrrole nitrogens is 1. The maximum Gasteiger partial charge on any atom is 0.167 e. The van der Waals surface area contributed by atoms with Crippen molar-refractivity contribution in [1.29, 1.82) is 0 Å². The molecule has 0 unspecified atom stereocenters. The molecule has 0 atom stereocenters. The van der Waals surface area contributed by atoms with E-state index in [1.807, 2.05) is 12.1 Å². The summed E-state index contributed by atoms with van der Waals surface area (Å²) in [5.74, 6) is -0.388. The van der Waals surface area contributed by atoms with Gasteiger partial charge in [-0.25, -0.2) is 4.39 Å². The summed E-state index contributed by atoms with van der Waals surface area (Å²) in [6.07, 6.45) is 4.56. The number of anilines is 2. The minimum absolute atomic E-state index is 0.0442. The first-order valence-corrected chi connectivity index (χ1v) is 9.12. The summed E-state index contributed by atoms with van der Waals surface area (Å²) in [5, 5.41) is 3.53. The van der Waals surface area contributed by atoms with E-state index in [-0.39, 0.29) is 16.9 Å². The van der Waals surface area contributed by atoms with Crippen LogP contribution in [-0.4, -0.2) is 15.8 Å². The first-order valence-electron chi connectivity index (χ1n) is 8.74. The second-order valence-electron chi connectivity index (χ2n) is 7.65. The summed E-state index contributed by atoms with van der Waals surface area (Å²) in [6.45, 7) is 4.15. The Balaban J connectivity index is 1.90. The molecule has 0 fully saturated rings. The van der Waals surface area contributed by atoms with Crippen molar-refractivity contribution in [3.8, 4) is 11.3 Å². The predicted octanol–water partition coefficient (Wildman–Crippen LogP) is 5.77. The van der Waals surface area contributed by atoms with Gasteiger partial charge in [-0.1, -0.05) is 25.4 Å². The van der Waals surface area contributed by atoms with Crippen LogP contribution in [-0.2, 0) is 6.42 Å². The first-order chi connectivity index (χ1) is 12.8. The molecule has 0 radical (unpaired) electrons. The summed E-state index contributed by atoms with van der Waals surface area (Å²) in [5.41, 5.74) is 3.77. The molecular weight excluding hydrogens is 365 g/mol. The van der Waals surface area contributed by atoms with Crippen molar-refractivity contribution in [2.45, 2.75) is 26.7 Å². The highest BCUT2D eigenvalue weighted by Gasteiger charge is 2.35. The number of carbonyl (C=O) groups is 1. The fraction of sp³-hybridized carbons (Fsp3) is 0.238. The quantitative estimate of drug-likeness (QED) is 0.603. The minimum Gasteiger partial charge on any atom is -0.356 e. The van der Waals surface area contributed by atoms with Crippen LogP contribution in [0.25, 0.3) is 11.3 Å². The number of pyridine rings is 1. The van der Waals surface area contributed by atoms with E-state index < -0.39 is 5.82 Å². The monoisotopic (exact) mass is 383 g/mol. The number of carbonyl (C=O) groups excluding carboxylic acids is 1. The first kappa shape index (κ1) is 17.7. The van der Waals surface area contributed by atoms with Crippen LogP contribution >= 0.6 is 11.6 Å². The lowest BCUT2D eigenvalue weighted by molar-refractivity contribution is 0.0912. The van der Waals surface area contributed by atoms with Gasteiger partial charge in [-0.2, -0.15) is 0 Å². The van der Waals surface area contributed by atoms with Gasteiger partial charge in [0.2, 0.25) is 0 Å². The second-order valence-corrected chi connectivity index (χ2v) is 8.09.